The van der Waals surface area contributed by atoms with Gasteiger partial charge in [-0.05, 0) is 19.1 Å². The quantitative estimate of drug-likeness (QED) is 0.472. The first-order chi connectivity index (χ1) is 12.3. The Morgan fingerprint density at radius 2 is 2.12 bits per heavy atom. The first kappa shape index (κ1) is 18.7. The van der Waals surface area contributed by atoms with Crippen LogP contribution in [-0.2, 0) is 6.54 Å². The van der Waals surface area contributed by atoms with E-state index >= 15 is 0 Å². The molecule has 0 amide bonds. The van der Waals surface area contributed by atoms with E-state index in [4.69, 9.17) is 10.4 Å². The minimum absolute atomic E-state index is 0.0459. The van der Waals surface area contributed by atoms with Gasteiger partial charge in [0.15, 0.2) is 5.69 Å². The summed E-state index contributed by atoms with van der Waals surface area (Å²) in [5.74, 6) is -1.66. The van der Waals surface area contributed by atoms with Crippen LogP contribution in [0.2, 0.25) is 0 Å². The van der Waals surface area contributed by atoms with E-state index in [2.05, 4.69) is 10.2 Å². The van der Waals surface area contributed by atoms with Gasteiger partial charge in [-0.1, -0.05) is 0 Å². The fourth-order valence-corrected chi connectivity index (χ4v) is 2.18. The van der Waals surface area contributed by atoms with Gasteiger partial charge < -0.3 is 10.2 Å². The summed E-state index contributed by atoms with van der Waals surface area (Å²) < 4.78 is 14.1. The topological polar surface area (TPSA) is 154 Å². The molecule has 2 rings (SSSR count). The standard InChI is InChI=1S/C15H12FN5O5/c1-8-10(7-17)14(23)20(4-5-22)15(24)13(8)19-18-9-2-3-11(16)12(6-9)21(25)26/h2-3,6,22-23H,4-5H2,1H3. The molecule has 1 heterocycles. The average molecular weight is 361 g/mol. The summed E-state index contributed by atoms with van der Waals surface area (Å²) in [6, 6.07) is 4.53. The molecule has 0 unspecified atom stereocenters. The second-order valence-corrected chi connectivity index (χ2v) is 5.06. The predicted octanol–water partition coefficient (Wildman–Crippen LogP) is 2.19. The second-order valence-electron chi connectivity index (χ2n) is 5.06. The van der Waals surface area contributed by atoms with E-state index < -0.39 is 34.5 Å². The lowest BCUT2D eigenvalue weighted by Crippen LogP contribution is -2.23. The van der Waals surface area contributed by atoms with Crippen LogP contribution in [0.4, 0.5) is 21.5 Å². The molecule has 1 aromatic heterocycles. The Hall–Kier alpha value is -3.65. The second kappa shape index (κ2) is 7.49. The molecule has 0 atom stereocenters. The van der Waals surface area contributed by atoms with E-state index in [1.165, 1.54) is 6.92 Å². The number of benzene rings is 1. The van der Waals surface area contributed by atoms with Crippen LogP contribution < -0.4 is 5.56 Å². The fourth-order valence-electron chi connectivity index (χ4n) is 2.18. The third kappa shape index (κ3) is 3.40. The Kier molecular flexibility index (Phi) is 5.39. The van der Waals surface area contributed by atoms with Crippen molar-refractivity contribution in [3.05, 3.63) is 55.6 Å². The molecule has 1 aromatic carbocycles. The molecule has 10 nitrogen and oxygen atoms in total. The summed E-state index contributed by atoms with van der Waals surface area (Å²) in [6.45, 7) is 0.622. The number of azo groups is 1. The lowest BCUT2D eigenvalue weighted by molar-refractivity contribution is -0.387. The van der Waals surface area contributed by atoms with Crippen molar-refractivity contribution in [1.29, 1.82) is 5.26 Å². The van der Waals surface area contributed by atoms with Crippen LogP contribution in [0.5, 0.6) is 5.88 Å². The Labute approximate surface area is 145 Å². The zero-order chi connectivity index (χ0) is 19.4. The maximum atomic E-state index is 13.3. The number of nitriles is 1. The van der Waals surface area contributed by atoms with Crippen LogP contribution in [0.1, 0.15) is 11.1 Å². The molecule has 0 aliphatic heterocycles. The third-order valence-corrected chi connectivity index (χ3v) is 3.48. The number of hydrogen-bond acceptors (Lipinski definition) is 8. The number of halogens is 1. The summed E-state index contributed by atoms with van der Waals surface area (Å²) in [7, 11) is 0. The van der Waals surface area contributed by atoms with Crippen molar-refractivity contribution in [2.24, 2.45) is 10.2 Å². The molecule has 0 spiro atoms. The number of rotatable bonds is 5. The van der Waals surface area contributed by atoms with Gasteiger partial charge in [0.2, 0.25) is 11.7 Å². The van der Waals surface area contributed by atoms with Crippen molar-refractivity contribution >= 4 is 17.1 Å². The number of pyridine rings is 1. The molecule has 11 heteroatoms. The highest BCUT2D eigenvalue weighted by Crippen LogP contribution is 2.28. The van der Waals surface area contributed by atoms with Crippen LogP contribution in [0.25, 0.3) is 0 Å². The Bertz CT molecular complexity index is 1010. The molecule has 0 radical (unpaired) electrons. The smallest absolute Gasteiger partial charge is 0.307 e. The van der Waals surface area contributed by atoms with Gasteiger partial charge in [-0.25, -0.2) is 0 Å². The monoisotopic (exact) mass is 361 g/mol. The van der Waals surface area contributed by atoms with Gasteiger partial charge in [0.1, 0.15) is 11.6 Å². The Morgan fingerprint density at radius 3 is 2.69 bits per heavy atom. The van der Waals surface area contributed by atoms with E-state index in [1.54, 1.807) is 6.07 Å². The van der Waals surface area contributed by atoms with Gasteiger partial charge >= 0.3 is 5.69 Å². The fraction of sp³-hybridized carbons (Fsp3) is 0.200. The molecule has 134 valence electrons. The molecule has 0 aliphatic carbocycles. The number of nitro benzene ring substituents is 1. The van der Waals surface area contributed by atoms with Crippen molar-refractivity contribution in [3.8, 4) is 11.9 Å². The summed E-state index contributed by atoms with van der Waals surface area (Å²) >= 11 is 0. The highest BCUT2D eigenvalue weighted by atomic mass is 19.1. The maximum Gasteiger partial charge on any atom is 0.307 e. The van der Waals surface area contributed by atoms with Crippen molar-refractivity contribution in [3.63, 3.8) is 0 Å². The SMILES string of the molecule is Cc1c(C#N)c(O)n(CCO)c(=O)c1N=Nc1ccc(F)c([N+](=O)[O-])c1. The zero-order valence-corrected chi connectivity index (χ0v) is 13.4. The average Bonchev–Trinajstić information content (AvgIpc) is 2.60. The summed E-state index contributed by atoms with van der Waals surface area (Å²) in [5, 5.41) is 46.2. The van der Waals surface area contributed by atoms with E-state index in [-0.39, 0.29) is 29.0 Å². The molecular formula is C15H12FN5O5. The summed E-state index contributed by atoms with van der Waals surface area (Å²) in [5.41, 5.74) is -2.17. The first-order valence-corrected chi connectivity index (χ1v) is 7.14. The van der Waals surface area contributed by atoms with Gasteiger partial charge in [0.05, 0.1) is 23.8 Å². The lowest BCUT2D eigenvalue weighted by Gasteiger charge is -2.11. The van der Waals surface area contributed by atoms with Gasteiger partial charge in [-0.3, -0.25) is 19.5 Å². The van der Waals surface area contributed by atoms with Gasteiger partial charge in [0.25, 0.3) is 5.56 Å². The first-order valence-electron chi connectivity index (χ1n) is 7.14. The van der Waals surface area contributed by atoms with E-state index in [1.807, 2.05) is 0 Å². The highest BCUT2D eigenvalue weighted by Gasteiger charge is 2.19. The molecular weight excluding hydrogens is 349 g/mol. The van der Waals surface area contributed by atoms with Gasteiger partial charge in [-0.2, -0.15) is 14.8 Å². The minimum Gasteiger partial charge on any atom is -0.493 e. The maximum absolute atomic E-state index is 13.3. The molecule has 0 aliphatic rings. The largest absolute Gasteiger partial charge is 0.493 e. The Balaban J connectivity index is 2.60. The van der Waals surface area contributed by atoms with Crippen molar-refractivity contribution in [2.75, 3.05) is 6.61 Å². The Morgan fingerprint density at radius 1 is 1.42 bits per heavy atom. The van der Waals surface area contributed by atoms with E-state index in [9.17, 15) is 24.4 Å². The summed E-state index contributed by atoms with van der Waals surface area (Å²) in [6.07, 6.45) is 0. The molecule has 2 aromatic rings. The summed E-state index contributed by atoms with van der Waals surface area (Å²) in [4.78, 5) is 22.2. The number of nitro groups is 1. The van der Waals surface area contributed by atoms with Gasteiger partial charge in [-0.15, -0.1) is 5.11 Å². The number of aliphatic hydroxyl groups is 1. The van der Waals surface area contributed by atoms with Crippen LogP contribution in [0.15, 0.2) is 33.2 Å². The lowest BCUT2D eigenvalue weighted by atomic mass is 10.1. The molecule has 2 N–H and O–H groups in total. The minimum atomic E-state index is -1.05. The predicted molar refractivity (Wildman–Crippen MR) is 86.1 cm³/mol. The molecule has 0 fully saturated rings. The van der Waals surface area contributed by atoms with Crippen LogP contribution >= 0.6 is 0 Å². The molecule has 26 heavy (non-hydrogen) atoms. The number of aromatic nitrogens is 1. The van der Waals surface area contributed by atoms with Crippen LogP contribution in [-0.4, -0.2) is 26.3 Å². The van der Waals surface area contributed by atoms with E-state index in [0.29, 0.717) is 0 Å². The molecule has 0 saturated heterocycles. The number of aliphatic hydroxyl groups excluding tert-OH is 1. The normalized spacial score (nSPS) is 10.8. The van der Waals surface area contributed by atoms with Crippen molar-refractivity contribution in [2.45, 2.75) is 13.5 Å². The van der Waals surface area contributed by atoms with Crippen molar-refractivity contribution in [1.82, 2.24) is 4.57 Å². The van der Waals surface area contributed by atoms with Crippen LogP contribution in [0.3, 0.4) is 0 Å². The molecule has 0 saturated carbocycles. The van der Waals surface area contributed by atoms with Crippen molar-refractivity contribution < 1.29 is 19.5 Å². The third-order valence-electron chi connectivity index (χ3n) is 3.48. The van der Waals surface area contributed by atoms with E-state index in [0.717, 1.165) is 22.8 Å². The number of aromatic hydroxyl groups is 1. The molecule has 0 bridgehead atoms. The zero-order valence-electron chi connectivity index (χ0n) is 13.4. The van der Waals surface area contributed by atoms with Crippen LogP contribution in [0, 0.1) is 34.2 Å². The van der Waals surface area contributed by atoms with Gasteiger partial charge in [0, 0.05) is 11.6 Å². The highest BCUT2D eigenvalue weighted by molar-refractivity contribution is 5.57. The number of nitrogens with zero attached hydrogens (tertiary/aromatic N) is 5. The number of hydrogen-bond donors (Lipinski definition) is 2.